The van der Waals surface area contributed by atoms with E-state index < -0.39 is 0 Å². The van der Waals surface area contributed by atoms with Crippen molar-refractivity contribution in [3.8, 4) is 0 Å². The molecule has 4 nitrogen and oxygen atoms in total. The molecule has 0 saturated heterocycles. The molecule has 0 bridgehead atoms. The molecule has 2 N–H and O–H groups in total. The lowest BCUT2D eigenvalue weighted by molar-refractivity contribution is 0.0952. The minimum Gasteiger partial charge on any atom is -0.352 e. The van der Waals surface area contributed by atoms with Crippen molar-refractivity contribution in [1.82, 2.24) is 10.3 Å². The highest BCUT2D eigenvalue weighted by Gasteiger charge is 2.04. The van der Waals surface area contributed by atoms with Crippen LogP contribution in [0.4, 0.5) is 0 Å². The van der Waals surface area contributed by atoms with Crippen LogP contribution in [0.2, 0.25) is 0 Å². The zero-order valence-electron chi connectivity index (χ0n) is 9.13. The molecule has 1 atom stereocenters. The maximum absolute atomic E-state index is 11.6. The van der Waals surface area contributed by atoms with Gasteiger partial charge in [-0.05, 0) is 18.9 Å². The number of aromatic amines is 1. The molecule has 0 aliphatic rings. The van der Waals surface area contributed by atoms with Gasteiger partial charge in [-0.15, -0.1) is 0 Å². The number of aromatic nitrogens is 1. The third kappa shape index (κ3) is 4.61. The minimum absolute atomic E-state index is 0.154. The van der Waals surface area contributed by atoms with Crippen molar-refractivity contribution >= 4 is 21.8 Å². The number of rotatable bonds is 5. The fourth-order valence-corrected chi connectivity index (χ4v) is 1.56. The van der Waals surface area contributed by atoms with Crippen LogP contribution in [0.5, 0.6) is 0 Å². The summed E-state index contributed by atoms with van der Waals surface area (Å²) in [4.78, 5) is 25.3. The Hall–Kier alpha value is -1.10. The Bertz CT molecular complexity index is 381. The van der Waals surface area contributed by atoms with Crippen LogP contribution in [0.1, 0.15) is 30.1 Å². The number of pyridine rings is 1. The van der Waals surface area contributed by atoms with Crippen LogP contribution in [-0.2, 0) is 0 Å². The zero-order valence-corrected chi connectivity index (χ0v) is 10.7. The lowest BCUT2D eigenvalue weighted by Crippen LogP contribution is -2.25. The van der Waals surface area contributed by atoms with Crippen molar-refractivity contribution in [3.63, 3.8) is 0 Å². The Morgan fingerprint density at radius 1 is 1.56 bits per heavy atom. The molecule has 0 saturated carbocycles. The Morgan fingerprint density at radius 3 is 2.88 bits per heavy atom. The van der Waals surface area contributed by atoms with Gasteiger partial charge in [-0.25, -0.2) is 0 Å². The molecule has 1 amide bonds. The van der Waals surface area contributed by atoms with E-state index in [0.717, 1.165) is 12.8 Å². The van der Waals surface area contributed by atoms with E-state index in [9.17, 15) is 9.59 Å². The van der Waals surface area contributed by atoms with Crippen LogP contribution in [0.3, 0.4) is 0 Å². The third-order valence-corrected chi connectivity index (χ3v) is 2.57. The van der Waals surface area contributed by atoms with Gasteiger partial charge in [-0.3, -0.25) is 9.59 Å². The molecule has 88 valence electrons. The van der Waals surface area contributed by atoms with E-state index in [-0.39, 0.29) is 11.5 Å². The number of carbonyl (C=O) groups excluding carboxylic acids is 1. The first-order valence-corrected chi connectivity index (χ1v) is 6.12. The van der Waals surface area contributed by atoms with E-state index in [0.29, 0.717) is 16.9 Å². The van der Waals surface area contributed by atoms with Gasteiger partial charge in [0.1, 0.15) is 0 Å². The summed E-state index contributed by atoms with van der Waals surface area (Å²) in [7, 11) is 0. The highest BCUT2D eigenvalue weighted by Crippen LogP contribution is 2.05. The van der Waals surface area contributed by atoms with Crippen molar-refractivity contribution in [2.75, 3.05) is 6.54 Å². The summed E-state index contributed by atoms with van der Waals surface area (Å²) in [6.45, 7) is 2.72. The largest absolute Gasteiger partial charge is 0.352 e. The van der Waals surface area contributed by atoms with E-state index in [1.807, 2.05) is 0 Å². The monoisotopic (exact) mass is 286 g/mol. The summed E-state index contributed by atoms with van der Waals surface area (Å²) < 4.78 is 0. The summed E-state index contributed by atoms with van der Waals surface area (Å²) in [5.74, 6) is -0.154. The Labute approximate surface area is 103 Å². The molecule has 0 aromatic carbocycles. The van der Waals surface area contributed by atoms with Crippen LogP contribution in [0, 0.1) is 0 Å². The van der Waals surface area contributed by atoms with E-state index in [1.165, 1.54) is 18.3 Å². The maximum Gasteiger partial charge on any atom is 0.252 e. The van der Waals surface area contributed by atoms with Crippen LogP contribution >= 0.6 is 15.9 Å². The summed E-state index contributed by atoms with van der Waals surface area (Å²) in [5.41, 5.74) is 0.274. The second-order valence-electron chi connectivity index (χ2n) is 3.62. The van der Waals surface area contributed by atoms with Crippen LogP contribution in [0.15, 0.2) is 23.1 Å². The molecule has 0 aliphatic carbocycles. The first kappa shape index (κ1) is 13.0. The quantitative estimate of drug-likeness (QED) is 0.639. The topological polar surface area (TPSA) is 62.0 Å². The van der Waals surface area contributed by atoms with E-state index in [1.54, 1.807) is 0 Å². The standard InChI is InChI=1S/C11H15BrN2O2/c1-8(12)3-2-6-13-11(16)9-4-5-10(15)14-7-9/h4-5,7-8H,2-3,6H2,1H3,(H,13,16)(H,14,15). The number of carbonyl (C=O) groups is 1. The smallest absolute Gasteiger partial charge is 0.252 e. The van der Waals surface area contributed by atoms with E-state index in [2.05, 4.69) is 33.2 Å². The van der Waals surface area contributed by atoms with Crippen molar-refractivity contribution in [3.05, 3.63) is 34.2 Å². The number of nitrogens with one attached hydrogen (secondary N) is 2. The molecule has 1 unspecified atom stereocenters. The average molecular weight is 287 g/mol. The fourth-order valence-electron chi connectivity index (χ4n) is 1.24. The van der Waals surface area contributed by atoms with Gasteiger partial charge in [0.15, 0.2) is 0 Å². The van der Waals surface area contributed by atoms with Crippen molar-refractivity contribution < 1.29 is 4.79 Å². The third-order valence-electron chi connectivity index (χ3n) is 2.11. The van der Waals surface area contributed by atoms with Crippen LogP contribution in [0.25, 0.3) is 0 Å². The van der Waals surface area contributed by atoms with Gasteiger partial charge in [-0.2, -0.15) is 0 Å². The molecule has 0 fully saturated rings. The summed E-state index contributed by atoms with van der Waals surface area (Å²) in [5, 5.41) is 2.79. The number of hydrogen-bond donors (Lipinski definition) is 2. The molecule has 1 rings (SSSR count). The van der Waals surface area contributed by atoms with Crippen molar-refractivity contribution in [1.29, 1.82) is 0 Å². The SMILES string of the molecule is CC(Br)CCCNC(=O)c1ccc(=O)[nH]c1. The Balaban J connectivity index is 2.35. The number of amides is 1. The van der Waals surface area contributed by atoms with Gasteiger partial charge >= 0.3 is 0 Å². The first-order chi connectivity index (χ1) is 7.59. The summed E-state index contributed by atoms with van der Waals surface area (Å²) in [6.07, 6.45) is 3.37. The molecular formula is C11H15BrN2O2. The van der Waals surface area contributed by atoms with Crippen LogP contribution < -0.4 is 10.9 Å². The molecule has 1 heterocycles. The van der Waals surface area contributed by atoms with E-state index in [4.69, 9.17) is 0 Å². The fraction of sp³-hybridized carbons (Fsp3) is 0.455. The first-order valence-electron chi connectivity index (χ1n) is 5.20. The predicted molar refractivity (Wildman–Crippen MR) is 67.0 cm³/mol. The van der Waals surface area contributed by atoms with Gasteiger partial charge in [0.25, 0.3) is 5.91 Å². The van der Waals surface area contributed by atoms with Gasteiger partial charge in [-0.1, -0.05) is 22.9 Å². The Morgan fingerprint density at radius 2 is 2.31 bits per heavy atom. The molecule has 16 heavy (non-hydrogen) atoms. The lowest BCUT2D eigenvalue weighted by Gasteiger charge is -2.05. The number of alkyl halides is 1. The van der Waals surface area contributed by atoms with Crippen molar-refractivity contribution in [2.45, 2.75) is 24.6 Å². The molecule has 1 aromatic heterocycles. The van der Waals surface area contributed by atoms with Crippen LogP contribution in [-0.4, -0.2) is 22.3 Å². The molecule has 5 heteroatoms. The second-order valence-corrected chi connectivity index (χ2v) is 5.18. The van der Waals surface area contributed by atoms with Crippen molar-refractivity contribution in [2.24, 2.45) is 0 Å². The normalized spacial score (nSPS) is 12.1. The average Bonchev–Trinajstić information content (AvgIpc) is 2.25. The predicted octanol–water partition coefficient (Wildman–Crippen LogP) is 1.67. The summed E-state index contributed by atoms with van der Waals surface area (Å²) >= 11 is 3.44. The Kier molecular flexibility index (Phi) is 5.25. The lowest BCUT2D eigenvalue weighted by atomic mass is 10.2. The number of H-pyrrole nitrogens is 1. The molecule has 0 spiro atoms. The highest BCUT2D eigenvalue weighted by atomic mass is 79.9. The zero-order chi connectivity index (χ0) is 12.0. The molecule has 0 radical (unpaired) electrons. The van der Waals surface area contributed by atoms with E-state index >= 15 is 0 Å². The minimum atomic E-state index is -0.204. The van der Waals surface area contributed by atoms with Gasteiger partial charge < -0.3 is 10.3 Å². The second kappa shape index (κ2) is 6.48. The molecule has 1 aromatic rings. The van der Waals surface area contributed by atoms with Gasteiger partial charge in [0.05, 0.1) is 5.56 Å². The number of hydrogen-bond acceptors (Lipinski definition) is 2. The number of halogens is 1. The maximum atomic E-state index is 11.6. The van der Waals surface area contributed by atoms with Gasteiger partial charge in [0.2, 0.25) is 5.56 Å². The highest BCUT2D eigenvalue weighted by molar-refractivity contribution is 9.09. The molecular weight excluding hydrogens is 272 g/mol. The summed E-state index contributed by atoms with van der Waals surface area (Å²) in [6, 6.07) is 2.86. The molecule has 0 aliphatic heterocycles. The van der Waals surface area contributed by atoms with Gasteiger partial charge in [0, 0.05) is 23.6 Å².